The minimum atomic E-state index is -0.622. The van der Waals surface area contributed by atoms with Gasteiger partial charge in [0.05, 0.1) is 6.10 Å². The Bertz CT molecular complexity index is 814. The Morgan fingerprint density at radius 3 is 2.36 bits per heavy atom. The lowest BCUT2D eigenvalue weighted by molar-refractivity contribution is -0.123. The van der Waals surface area contributed by atoms with E-state index in [-0.39, 0.29) is 30.7 Å². The van der Waals surface area contributed by atoms with E-state index >= 15 is 0 Å². The van der Waals surface area contributed by atoms with Crippen LogP contribution >= 0.6 is 23.2 Å². The monoisotopic (exact) mass is 425 g/mol. The molecule has 0 aliphatic carbocycles. The van der Waals surface area contributed by atoms with Crippen LogP contribution in [0.2, 0.25) is 10.0 Å². The summed E-state index contributed by atoms with van der Waals surface area (Å²) in [5, 5.41) is 22.6. The first kappa shape index (κ1) is 22.3. The summed E-state index contributed by atoms with van der Waals surface area (Å²) >= 11 is 12.8. The highest BCUT2D eigenvalue weighted by Crippen LogP contribution is 2.33. The van der Waals surface area contributed by atoms with E-state index in [1.807, 2.05) is 26.0 Å². The molecule has 0 aliphatic heterocycles. The van der Waals surface area contributed by atoms with E-state index in [0.29, 0.717) is 22.2 Å². The maximum atomic E-state index is 11.7. The van der Waals surface area contributed by atoms with Crippen molar-refractivity contribution in [3.63, 3.8) is 0 Å². The number of hydrogen-bond acceptors (Lipinski definition) is 4. The highest BCUT2D eigenvalue weighted by atomic mass is 35.5. The van der Waals surface area contributed by atoms with Crippen molar-refractivity contribution < 1.29 is 19.7 Å². The highest BCUT2D eigenvalue weighted by Gasteiger charge is 2.13. The van der Waals surface area contributed by atoms with Crippen LogP contribution in [-0.2, 0) is 11.2 Å². The average Bonchev–Trinajstić information content (AvgIpc) is 2.62. The van der Waals surface area contributed by atoms with Gasteiger partial charge in [0.25, 0.3) is 5.91 Å². The van der Waals surface area contributed by atoms with Crippen LogP contribution in [0.15, 0.2) is 30.3 Å². The Morgan fingerprint density at radius 1 is 1.14 bits per heavy atom. The number of carbonyl (C=O) groups is 1. The lowest BCUT2D eigenvalue weighted by atomic mass is 9.96. The first-order valence-corrected chi connectivity index (χ1v) is 9.80. The van der Waals surface area contributed by atoms with Gasteiger partial charge in [0.15, 0.2) is 6.61 Å². The normalized spacial score (nSPS) is 12.1. The second-order valence-electron chi connectivity index (χ2n) is 7.03. The van der Waals surface area contributed by atoms with Gasteiger partial charge in [-0.2, -0.15) is 0 Å². The fourth-order valence-corrected chi connectivity index (χ4v) is 3.27. The molecule has 3 N–H and O–H groups in total. The van der Waals surface area contributed by atoms with E-state index in [1.54, 1.807) is 25.1 Å². The third-order valence-electron chi connectivity index (χ3n) is 4.17. The molecule has 0 radical (unpaired) electrons. The van der Waals surface area contributed by atoms with Crippen LogP contribution in [0.5, 0.6) is 11.5 Å². The fraction of sp³-hybridized carbons (Fsp3) is 0.381. The number of ether oxygens (including phenoxy) is 1. The minimum absolute atomic E-state index is 0.160. The van der Waals surface area contributed by atoms with Gasteiger partial charge in [-0.1, -0.05) is 49.2 Å². The summed E-state index contributed by atoms with van der Waals surface area (Å²) in [6.45, 7) is 5.57. The topological polar surface area (TPSA) is 78.8 Å². The Kier molecular flexibility index (Phi) is 7.98. The number of nitrogens with one attached hydrogen (secondary N) is 1. The molecule has 28 heavy (non-hydrogen) atoms. The molecule has 5 nitrogen and oxygen atoms in total. The van der Waals surface area contributed by atoms with Crippen molar-refractivity contribution in [3.8, 4) is 11.5 Å². The predicted molar refractivity (Wildman–Crippen MR) is 112 cm³/mol. The minimum Gasteiger partial charge on any atom is -0.508 e. The van der Waals surface area contributed by atoms with Crippen LogP contribution in [0.25, 0.3) is 0 Å². The summed E-state index contributed by atoms with van der Waals surface area (Å²) in [5.74, 6) is 0.511. The lowest BCUT2D eigenvalue weighted by Gasteiger charge is -2.14. The quantitative estimate of drug-likeness (QED) is 0.589. The molecule has 0 spiro atoms. The Balaban J connectivity index is 2.10. The summed E-state index contributed by atoms with van der Waals surface area (Å²) in [6.07, 6.45) is -0.115. The van der Waals surface area contributed by atoms with Crippen molar-refractivity contribution in [2.45, 2.75) is 39.2 Å². The number of aliphatic hydroxyl groups excluding tert-OH is 1. The zero-order chi connectivity index (χ0) is 20.8. The number of phenols is 1. The van der Waals surface area contributed by atoms with Gasteiger partial charge in [0, 0.05) is 23.0 Å². The molecule has 1 amide bonds. The van der Waals surface area contributed by atoms with Crippen molar-refractivity contribution in [1.29, 1.82) is 0 Å². The van der Waals surface area contributed by atoms with E-state index in [1.165, 1.54) is 0 Å². The number of phenolic OH excluding ortho intramolecular Hbond substituents is 1. The largest absolute Gasteiger partial charge is 0.508 e. The first-order chi connectivity index (χ1) is 13.2. The summed E-state index contributed by atoms with van der Waals surface area (Å²) in [4.78, 5) is 11.7. The van der Waals surface area contributed by atoms with Gasteiger partial charge in [0.2, 0.25) is 0 Å². The van der Waals surface area contributed by atoms with Crippen molar-refractivity contribution in [1.82, 2.24) is 5.32 Å². The maximum Gasteiger partial charge on any atom is 0.258 e. The SMILES string of the molecule is CC(C)c1cc(Cc2c(Cl)cc(OCC(=O)NC[C@@H](C)O)cc2Cl)ccc1O. The highest BCUT2D eigenvalue weighted by molar-refractivity contribution is 6.36. The number of rotatable bonds is 8. The van der Waals surface area contributed by atoms with Gasteiger partial charge >= 0.3 is 0 Å². The van der Waals surface area contributed by atoms with Crippen molar-refractivity contribution in [3.05, 3.63) is 57.1 Å². The van der Waals surface area contributed by atoms with Crippen LogP contribution in [0.3, 0.4) is 0 Å². The molecule has 152 valence electrons. The molecular formula is C21H25Cl2NO4. The molecule has 0 heterocycles. The smallest absolute Gasteiger partial charge is 0.258 e. The molecule has 0 saturated carbocycles. The number of amides is 1. The second kappa shape index (κ2) is 10.0. The molecule has 1 atom stereocenters. The van der Waals surface area contributed by atoms with E-state index < -0.39 is 6.10 Å². The summed E-state index contributed by atoms with van der Waals surface area (Å²) in [7, 11) is 0. The van der Waals surface area contributed by atoms with Crippen LogP contribution in [-0.4, -0.2) is 35.4 Å². The standard InChI is InChI=1S/C21H25Cl2NO4/c1-12(2)16-6-14(4-5-20(16)26)7-17-18(22)8-15(9-19(17)23)28-11-21(27)24-10-13(3)25/h4-6,8-9,12-13,25-26H,7,10-11H2,1-3H3,(H,24,27)/t13-/m1/s1. The zero-order valence-corrected chi connectivity index (χ0v) is 17.6. The molecule has 0 bridgehead atoms. The molecule has 2 rings (SSSR count). The molecule has 0 saturated heterocycles. The lowest BCUT2D eigenvalue weighted by Crippen LogP contribution is -2.34. The zero-order valence-electron chi connectivity index (χ0n) is 16.1. The second-order valence-corrected chi connectivity index (χ2v) is 7.85. The van der Waals surface area contributed by atoms with E-state index in [9.17, 15) is 9.90 Å². The molecule has 0 fully saturated rings. The van der Waals surface area contributed by atoms with Gasteiger partial charge in [-0.25, -0.2) is 0 Å². The maximum absolute atomic E-state index is 11.7. The van der Waals surface area contributed by atoms with Gasteiger partial charge in [-0.15, -0.1) is 0 Å². The summed E-state index contributed by atoms with van der Waals surface area (Å²) < 4.78 is 5.44. The average molecular weight is 426 g/mol. The molecule has 0 aliphatic rings. The number of halogens is 2. The van der Waals surface area contributed by atoms with Crippen molar-refractivity contribution in [2.75, 3.05) is 13.2 Å². The molecule has 2 aromatic rings. The molecular weight excluding hydrogens is 401 g/mol. The Labute approximate surface area is 175 Å². The Morgan fingerprint density at radius 2 is 1.79 bits per heavy atom. The number of carbonyl (C=O) groups excluding carboxylic acids is 1. The van der Waals surface area contributed by atoms with Crippen LogP contribution in [0.1, 0.15) is 43.4 Å². The first-order valence-electron chi connectivity index (χ1n) is 9.04. The predicted octanol–water partition coefficient (Wildman–Crippen LogP) is 4.29. The molecule has 0 unspecified atom stereocenters. The number of hydrogen-bond donors (Lipinski definition) is 3. The molecule has 2 aromatic carbocycles. The van der Waals surface area contributed by atoms with Crippen LogP contribution < -0.4 is 10.1 Å². The number of benzene rings is 2. The van der Waals surface area contributed by atoms with Crippen LogP contribution in [0, 0.1) is 0 Å². The number of aliphatic hydroxyl groups is 1. The van der Waals surface area contributed by atoms with E-state index in [0.717, 1.165) is 16.7 Å². The van der Waals surface area contributed by atoms with Gasteiger partial charge < -0.3 is 20.3 Å². The van der Waals surface area contributed by atoms with Gasteiger partial charge in [0.1, 0.15) is 11.5 Å². The van der Waals surface area contributed by atoms with Crippen molar-refractivity contribution >= 4 is 29.1 Å². The summed E-state index contributed by atoms with van der Waals surface area (Å²) in [5.41, 5.74) is 2.60. The van der Waals surface area contributed by atoms with Gasteiger partial charge in [-0.05, 0) is 47.7 Å². The van der Waals surface area contributed by atoms with Crippen molar-refractivity contribution in [2.24, 2.45) is 0 Å². The number of aromatic hydroxyl groups is 1. The summed E-state index contributed by atoms with van der Waals surface area (Å²) in [6, 6.07) is 8.70. The van der Waals surface area contributed by atoms with E-state index in [2.05, 4.69) is 5.32 Å². The van der Waals surface area contributed by atoms with Crippen LogP contribution in [0.4, 0.5) is 0 Å². The van der Waals surface area contributed by atoms with E-state index in [4.69, 9.17) is 33.0 Å². The Hall–Kier alpha value is -1.95. The molecule has 7 heteroatoms. The fourth-order valence-electron chi connectivity index (χ4n) is 2.67. The third-order valence-corrected chi connectivity index (χ3v) is 4.85. The third kappa shape index (κ3) is 6.30. The molecule has 0 aromatic heterocycles. The van der Waals surface area contributed by atoms with Gasteiger partial charge in [-0.3, -0.25) is 4.79 Å².